The maximum absolute atomic E-state index is 6.09. The molecule has 3 heterocycles. The zero-order valence-electron chi connectivity index (χ0n) is 43.7. The summed E-state index contributed by atoms with van der Waals surface area (Å²) in [6, 6.07) is 2.06. The van der Waals surface area contributed by atoms with Gasteiger partial charge in [0.1, 0.15) is 37.8 Å². The number of ether oxygens (including phenoxy) is 13. The summed E-state index contributed by atoms with van der Waals surface area (Å²) in [6.07, 6.45) is 6.54. The molecule has 3 aromatic rings. The second-order valence-corrected chi connectivity index (χ2v) is 20.2. The van der Waals surface area contributed by atoms with Gasteiger partial charge in [-0.05, 0) is 87.1 Å². The predicted molar refractivity (Wildman–Crippen MR) is 276 cm³/mol. The number of methoxy groups -OCH3 is 1. The van der Waals surface area contributed by atoms with Crippen LogP contribution in [0.3, 0.4) is 0 Å². The monoisotopic (exact) mass is 1010 g/mol. The minimum atomic E-state index is 0.00301. The molecular formula is C51H90O13S3. The third-order valence-corrected chi connectivity index (χ3v) is 12.1. The Hall–Kier alpha value is -2.22. The van der Waals surface area contributed by atoms with Gasteiger partial charge in [0.2, 0.25) is 0 Å². The van der Waals surface area contributed by atoms with E-state index in [2.05, 4.69) is 61.5 Å². The molecule has 67 heavy (non-hydrogen) atoms. The summed E-state index contributed by atoms with van der Waals surface area (Å²) in [7, 11) is 1.66. The first kappa shape index (κ1) is 62.8. The molecule has 0 saturated heterocycles. The topological polar surface area (TPSA) is 120 Å². The van der Waals surface area contributed by atoms with E-state index in [4.69, 9.17) is 61.6 Å². The smallest absolute Gasteiger partial charge is 0.175 e. The fourth-order valence-electron chi connectivity index (χ4n) is 5.90. The minimum Gasteiger partial charge on any atom is -0.490 e. The Morgan fingerprint density at radius 2 is 0.761 bits per heavy atom. The van der Waals surface area contributed by atoms with E-state index < -0.39 is 0 Å². The molecule has 16 heteroatoms. The first-order chi connectivity index (χ1) is 32.4. The van der Waals surface area contributed by atoms with E-state index in [1.807, 2.05) is 27.7 Å². The normalized spacial score (nSPS) is 12.0. The van der Waals surface area contributed by atoms with Gasteiger partial charge in [-0.3, -0.25) is 0 Å². The van der Waals surface area contributed by atoms with Gasteiger partial charge >= 0.3 is 0 Å². The van der Waals surface area contributed by atoms with Gasteiger partial charge < -0.3 is 61.6 Å². The average molecular weight is 1010 g/mol. The highest BCUT2D eigenvalue weighted by Crippen LogP contribution is 2.43. The van der Waals surface area contributed by atoms with Gasteiger partial charge in [-0.25, -0.2) is 0 Å². The standard InChI is InChI=1S/C22H40O6S.C18H32O4S.C11H18O3S/c1-5-7-9-23-11-13-25-15-17-27-21-19(3)29-20(4)22(21)28-18-16-26-14-12-24-10-8-6-2;1-7-9-19-11-13(3)21-17-15(5)23-16(6)18(17)22-14(4)12-20-10-8-2;1-9-8-11(10(2)15-9)14-7-6-13-5-4-12-3/h5-18H2,1-4H3;13-14H,7-12H2,1-6H3;8H,4-7H2,1-3H3. The molecule has 0 amide bonds. The predicted octanol–water partition coefficient (Wildman–Crippen LogP) is 11.9. The van der Waals surface area contributed by atoms with Crippen LogP contribution in [0.1, 0.15) is 109 Å². The van der Waals surface area contributed by atoms with Gasteiger partial charge in [-0.1, -0.05) is 40.5 Å². The van der Waals surface area contributed by atoms with Crippen molar-refractivity contribution in [3.63, 3.8) is 0 Å². The highest BCUT2D eigenvalue weighted by Gasteiger charge is 2.21. The van der Waals surface area contributed by atoms with E-state index in [0.29, 0.717) is 92.5 Å². The van der Waals surface area contributed by atoms with Gasteiger partial charge in [-0.15, -0.1) is 34.0 Å². The van der Waals surface area contributed by atoms with Crippen LogP contribution >= 0.6 is 34.0 Å². The quantitative estimate of drug-likeness (QED) is 0.0505. The molecule has 0 spiro atoms. The van der Waals surface area contributed by atoms with E-state index in [1.54, 1.807) is 41.1 Å². The molecule has 2 atom stereocenters. The molecule has 13 nitrogen and oxygen atoms in total. The molecule has 0 radical (unpaired) electrons. The molecular weight excluding hydrogens is 917 g/mol. The molecule has 390 valence electrons. The Kier molecular flexibility index (Phi) is 38.9. The Morgan fingerprint density at radius 3 is 1.13 bits per heavy atom. The Balaban J connectivity index is 0.000000527. The average Bonchev–Trinajstić information content (AvgIpc) is 3.87. The fourth-order valence-corrected chi connectivity index (χ4v) is 8.64. The van der Waals surface area contributed by atoms with E-state index in [0.717, 1.165) is 113 Å². The van der Waals surface area contributed by atoms with Gasteiger partial charge in [0, 0.05) is 62.8 Å². The molecule has 2 unspecified atom stereocenters. The summed E-state index contributed by atoms with van der Waals surface area (Å²) in [5.41, 5.74) is 0. The third kappa shape index (κ3) is 30.2. The SMILES string of the molecule is CCCCOCCOCCOc1c(C)sc(C)c1OCCOCCOCCCC.CCCOCC(C)Oc1c(C)sc(C)c1OC(C)COCCC.COCCOCCOc1cc(C)sc1C. The summed E-state index contributed by atoms with van der Waals surface area (Å²) in [5.74, 6) is 4.31. The van der Waals surface area contributed by atoms with Crippen LogP contribution in [0.4, 0.5) is 0 Å². The van der Waals surface area contributed by atoms with Crippen molar-refractivity contribution in [2.24, 2.45) is 0 Å². The van der Waals surface area contributed by atoms with Crippen molar-refractivity contribution in [3.05, 3.63) is 35.3 Å². The molecule has 0 aliphatic carbocycles. The number of hydrogen-bond acceptors (Lipinski definition) is 16. The third-order valence-electron chi connectivity index (χ3n) is 9.23. The lowest BCUT2D eigenvalue weighted by atomic mass is 10.3. The number of thiophene rings is 3. The number of aryl methyl sites for hydroxylation is 6. The van der Waals surface area contributed by atoms with Crippen LogP contribution in [0, 0.1) is 41.5 Å². The van der Waals surface area contributed by atoms with Crippen molar-refractivity contribution >= 4 is 34.0 Å². The maximum atomic E-state index is 6.09. The fraction of sp³-hybridized carbons (Fsp3) is 0.765. The Labute approximate surface area is 417 Å². The summed E-state index contributed by atoms with van der Waals surface area (Å²) < 4.78 is 73.0. The van der Waals surface area contributed by atoms with Crippen LogP contribution in [0.2, 0.25) is 0 Å². The van der Waals surface area contributed by atoms with Crippen LogP contribution in [-0.2, 0) is 37.9 Å². The first-order valence-electron chi connectivity index (χ1n) is 24.4. The Bertz CT molecular complexity index is 1510. The first-order valence-corrected chi connectivity index (χ1v) is 26.9. The van der Waals surface area contributed by atoms with Gasteiger partial charge in [0.05, 0.1) is 72.7 Å². The maximum Gasteiger partial charge on any atom is 0.175 e. The number of hydrogen-bond donors (Lipinski definition) is 0. The summed E-state index contributed by atoms with van der Waals surface area (Å²) in [6.45, 7) is 36.3. The van der Waals surface area contributed by atoms with E-state index >= 15 is 0 Å². The second-order valence-electron chi connectivity index (χ2n) is 15.8. The molecule has 3 aromatic heterocycles. The largest absolute Gasteiger partial charge is 0.490 e. The zero-order valence-corrected chi connectivity index (χ0v) is 46.2. The molecule has 0 N–H and O–H groups in total. The summed E-state index contributed by atoms with van der Waals surface area (Å²) in [5, 5.41) is 0. The molecule has 0 fully saturated rings. The van der Waals surface area contributed by atoms with Crippen molar-refractivity contribution in [2.45, 2.75) is 134 Å². The summed E-state index contributed by atoms with van der Waals surface area (Å²) in [4.78, 5) is 7.02. The highest BCUT2D eigenvalue weighted by atomic mass is 32.1. The van der Waals surface area contributed by atoms with Crippen LogP contribution in [0.25, 0.3) is 0 Å². The van der Waals surface area contributed by atoms with Crippen molar-refractivity contribution in [1.29, 1.82) is 0 Å². The molecule has 0 bridgehead atoms. The zero-order chi connectivity index (χ0) is 49.5. The molecule has 0 aromatic carbocycles. The second kappa shape index (κ2) is 41.6. The summed E-state index contributed by atoms with van der Waals surface area (Å²) >= 11 is 5.14. The molecule has 0 aliphatic heterocycles. The number of rotatable bonds is 39. The van der Waals surface area contributed by atoms with E-state index in [-0.39, 0.29) is 12.2 Å². The lowest BCUT2D eigenvalue weighted by Gasteiger charge is -2.19. The van der Waals surface area contributed by atoms with Gasteiger partial charge in [0.15, 0.2) is 23.0 Å². The molecule has 0 saturated carbocycles. The van der Waals surface area contributed by atoms with Crippen molar-refractivity contribution in [3.8, 4) is 28.7 Å². The van der Waals surface area contributed by atoms with E-state index in [9.17, 15) is 0 Å². The Morgan fingerprint density at radius 1 is 0.388 bits per heavy atom. The number of unbranched alkanes of at least 4 members (excludes halogenated alkanes) is 2. The lowest BCUT2D eigenvalue weighted by Crippen LogP contribution is -2.22. The minimum absolute atomic E-state index is 0.00301. The van der Waals surface area contributed by atoms with E-state index in [1.165, 1.54) is 9.75 Å². The van der Waals surface area contributed by atoms with Crippen molar-refractivity contribution < 1.29 is 61.6 Å². The van der Waals surface area contributed by atoms with Crippen LogP contribution in [0.5, 0.6) is 28.7 Å². The molecule has 0 aliphatic rings. The van der Waals surface area contributed by atoms with Crippen LogP contribution < -0.4 is 23.7 Å². The highest BCUT2D eigenvalue weighted by molar-refractivity contribution is 7.13. The van der Waals surface area contributed by atoms with Crippen LogP contribution in [0.15, 0.2) is 6.07 Å². The lowest BCUT2D eigenvalue weighted by molar-refractivity contribution is 0.0324. The van der Waals surface area contributed by atoms with Crippen molar-refractivity contribution in [1.82, 2.24) is 0 Å². The van der Waals surface area contributed by atoms with Gasteiger partial charge in [0.25, 0.3) is 0 Å². The van der Waals surface area contributed by atoms with Gasteiger partial charge in [-0.2, -0.15) is 0 Å². The van der Waals surface area contributed by atoms with Crippen molar-refractivity contribution in [2.75, 3.05) is 126 Å². The van der Waals surface area contributed by atoms with Crippen LogP contribution in [-0.4, -0.2) is 138 Å². The molecule has 3 rings (SSSR count).